The van der Waals surface area contributed by atoms with Gasteiger partial charge in [-0.1, -0.05) is 0 Å². The van der Waals surface area contributed by atoms with Gasteiger partial charge in [0.25, 0.3) is 0 Å². The number of carbonyl (C=O) groups excluding carboxylic acids is 1. The van der Waals surface area contributed by atoms with Crippen LogP contribution in [0.3, 0.4) is 0 Å². The molecule has 0 aliphatic carbocycles. The Morgan fingerprint density at radius 2 is 2.21 bits per heavy atom. The summed E-state index contributed by atoms with van der Waals surface area (Å²) in [5.41, 5.74) is 0. The van der Waals surface area contributed by atoms with Crippen molar-refractivity contribution in [2.45, 2.75) is 12.2 Å². The third kappa shape index (κ3) is 4.04. The van der Waals surface area contributed by atoms with Gasteiger partial charge in [-0.05, 0) is 0 Å². The number of carbonyl (C=O) groups is 1. The zero-order chi connectivity index (χ0) is 13.2. The van der Waals surface area contributed by atoms with Gasteiger partial charge in [-0.15, -0.1) is 17.5 Å². The number of hydrogen-bond acceptors (Lipinski definition) is 5. The van der Waals surface area contributed by atoms with E-state index in [1.165, 1.54) is 0 Å². The molecule has 19 heavy (non-hydrogen) atoms. The lowest BCUT2D eigenvalue weighted by Crippen LogP contribution is -2.49. The number of H-pyrrole nitrogens is 1. The van der Waals surface area contributed by atoms with Crippen molar-refractivity contribution < 1.29 is 22.7 Å². The fourth-order valence-electron chi connectivity index (χ4n) is 1.38. The number of rotatable bonds is 2. The minimum Gasteiger partial charge on any atom is -0.378 e. The summed E-state index contributed by atoms with van der Waals surface area (Å²) in [6, 6.07) is -0.619. The van der Waals surface area contributed by atoms with Gasteiger partial charge in [0.1, 0.15) is 6.04 Å². The first-order valence-corrected chi connectivity index (χ1v) is 5.08. The van der Waals surface area contributed by atoms with Gasteiger partial charge < -0.3 is 10.1 Å². The summed E-state index contributed by atoms with van der Waals surface area (Å²) in [6.07, 6.45) is -4.62. The molecule has 1 aromatic heterocycles. The van der Waals surface area contributed by atoms with Gasteiger partial charge in [0.15, 0.2) is 0 Å². The van der Waals surface area contributed by atoms with Crippen LogP contribution in [0.1, 0.15) is 5.82 Å². The lowest BCUT2D eigenvalue weighted by Gasteiger charge is -2.22. The molecule has 7 nitrogen and oxygen atoms in total. The molecule has 1 atom stereocenters. The molecular formula is C8H11ClF3N5O2. The Labute approximate surface area is 111 Å². The zero-order valence-corrected chi connectivity index (χ0v) is 10.3. The Morgan fingerprint density at radius 1 is 1.47 bits per heavy atom. The van der Waals surface area contributed by atoms with E-state index in [0.29, 0.717) is 13.2 Å². The van der Waals surface area contributed by atoms with Crippen molar-refractivity contribution in [3.8, 4) is 0 Å². The van der Waals surface area contributed by atoms with Crippen LogP contribution in [0.2, 0.25) is 0 Å². The largest absolute Gasteiger partial charge is 0.451 e. The molecule has 1 aliphatic rings. The number of hydrogen-bond donors (Lipinski definition) is 3. The number of morpholine rings is 1. The Kier molecular flexibility index (Phi) is 5.09. The lowest BCUT2D eigenvalue weighted by atomic mass is 10.2. The van der Waals surface area contributed by atoms with Crippen molar-refractivity contribution in [1.29, 1.82) is 0 Å². The van der Waals surface area contributed by atoms with Crippen LogP contribution in [-0.2, 0) is 15.7 Å². The summed E-state index contributed by atoms with van der Waals surface area (Å²) in [6.45, 7) is 1.14. The maximum atomic E-state index is 12.2. The van der Waals surface area contributed by atoms with Crippen LogP contribution in [0.5, 0.6) is 0 Å². The van der Waals surface area contributed by atoms with Gasteiger partial charge in [0.2, 0.25) is 17.7 Å². The average Bonchev–Trinajstić information content (AvgIpc) is 2.78. The van der Waals surface area contributed by atoms with E-state index in [2.05, 4.69) is 20.7 Å². The van der Waals surface area contributed by atoms with E-state index < -0.39 is 29.9 Å². The molecule has 1 saturated heterocycles. The van der Waals surface area contributed by atoms with Crippen molar-refractivity contribution in [3.05, 3.63) is 5.82 Å². The number of anilines is 1. The Balaban J connectivity index is 0.00000180. The fourth-order valence-corrected chi connectivity index (χ4v) is 1.38. The number of alkyl halides is 3. The van der Waals surface area contributed by atoms with Crippen LogP contribution < -0.4 is 10.6 Å². The monoisotopic (exact) mass is 301 g/mol. The second-order valence-corrected chi connectivity index (χ2v) is 3.58. The highest BCUT2D eigenvalue weighted by molar-refractivity contribution is 5.93. The molecule has 2 rings (SSSR count). The second kappa shape index (κ2) is 6.17. The van der Waals surface area contributed by atoms with E-state index in [1.807, 2.05) is 0 Å². The highest BCUT2D eigenvalue weighted by Crippen LogP contribution is 2.26. The SMILES string of the molecule is Cl.O=C(Nc1n[nH]c(C(F)(F)F)n1)C1COCCN1. The summed E-state index contributed by atoms with van der Waals surface area (Å²) < 4.78 is 41.7. The molecule has 0 radical (unpaired) electrons. The molecule has 0 bridgehead atoms. The van der Waals surface area contributed by atoms with Crippen LogP contribution in [0, 0.1) is 0 Å². The number of ether oxygens (including phenoxy) is 1. The maximum absolute atomic E-state index is 12.2. The van der Waals surface area contributed by atoms with Crippen molar-refractivity contribution in [3.63, 3.8) is 0 Å². The van der Waals surface area contributed by atoms with E-state index in [4.69, 9.17) is 4.74 Å². The molecule has 11 heteroatoms. The normalized spacial score (nSPS) is 19.6. The molecule has 0 aromatic carbocycles. The topological polar surface area (TPSA) is 91.9 Å². The lowest BCUT2D eigenvalue weighted by molar-refractivity contribution is -0.144. The Bertz CT molecular complexity index is 432. The summed E-state index contributed by atoms with van der Waals surface area (Å²) in [4.78, 5) is 14.7. The van der Waals surface area contributed by atoms with E-state index >= 15 is 0 Å². The van der Waals surface area contributed by atoms with Gasteiger partial charge in [-0.2, -0.15) is 18.2 Å². The standard InChI is InChI=1S/C8H10F3N5O2.ClH/c9-8(10,11)6-14-7(16-15-6)13-5(17)4-3-18-2-1-12-4;/h4,12H,1-3H2,(H2,13,14,15,16,17);1H. The predicted octanol–water partition coefficient (Wildman–Crippen LogP) is 0.172. The summed E-state index contributed by atoms with van der Waals surface area (Å²) in [5.74, 6) is -2.22. The fraction of sp³-hybridized carbons (Fsp3) is 0.625. The summed E-state index contributed by atoms with van der Waals surface area (Å²) in [5, 5.41) is 9.98. The van der Waals surface area contributed by atoms with Crippen molar-refractivity contribution in [1.82, 2.24) is 20.5 Å². The molecule has 1 aromatic rings. The molecule has 1 amide bonds. The highest BCUT2D eigenvalue weighted by atomic mass is 35.5. The molecule has 0 saturated carbocycles. The Hall–Kier alpha value is -1.39. The van der Waals surface area contributed by atoms with Gasteiger partial charge in [0, 0.05) is 6.54 Å². The average molecular weight is 302 g/mol. The first-order valence-electron chi connectivity index (χ1n) is 5.08. The van der Waals surface area contributed by atoms with Crippen LogP contribution in [0.15, 0.2) is 0 Å². The quantitative estimate of drug-likeness (QED) is 0.724. The van der Waals surface area contributed by atoms with Gasteiger partial charge in [-0.3, -0.25) is 15.2 Å². The van der Waals surface area contributed by atoms with Crippen molar-refractivity contribution in [2.75, 3.05) is 25.1 Å². The van der Waals surface area contributed by atoms with Gasteiger partial charge in [-0.25, -0.2) is 0 Å². The minimum atomic E-state index is -4.62. The van der Waals surface area contributed by atoms with Crippen molar-refractivity contribution >= 4 is 24.3 Å². The number of aromatic amines is 1. The molecular weight excluding hydrogens is 291 g/mol. The van der Waals surface area contributed by atoms with E-state index in [9.17, 15) is 18.0 Å². The van der Waals surface area contributed by atoms with Crippen LogP contribution >= 0.6 is 12.4 Å². The Morgan fingerprint density at radius 3 is 2.74 bits per heavy atom. The van der Waals surface area contributed by atoms with Crippen LogP contribution in [-0.4, -0.2) is 46.9 Å². The smallest absolute Gasteiger partial charge is 0.378 e. The number of nitrogens with zero attached hydrogens (tertiary/aromatic N) is 2. The maximum Gasteiger partial charge on any atom is 0.451 e. The molecule has 2 heterocycles. The molecule has 3 N–H and O–H groups in total. The third-order valence-electron chi connectivity index (χ3n) is 2.23. The molecule has 0 spiro atoms. The number of halogens is 4. The number of amides is 1. The number of aromatic nitrogens is 3. The number of nitrogens with one attached hydrogen (secondary N) is 3. The van der Waals surface area contributed by atoms with Crippen molar-refractivity contribution in [2.24, 2.45) is 0 Å². The van der Waals surface area contributed by atoms with Gasteiger partial charge in [0.05, 0.1) is 13.2 Å². The predicted molar refractivity (Wildman–Crippen MR) is 59.9 cm³/mol. The summed E-state index contributed by atoms with van der Waals surface area (Å²) in [7, 11) is 0. The van der Waals surface area contributed by atoms with E-state index in [0.717, 1.165) is 0 Å². The van der Waals surface area contributed by atoms with E-state index in [-0.39, 0.29) is 19.0 Å². The second-order valence-electron chi connectivity index (χ2n) is 3.58. The van der Waals surface area contributed by atoms with E-state index in [1.54, 1.807) is 5.10 Å². The minimum absolute atomic E-state index is 0. The first kappa shape index (κ1) is 15.7. The molecule has 1 fully saturated rings. The highest BCUT2D eigenvalue weighted by Gasteiger charge is 2.35. The van der Waals surface area contributed by atoms with Gasteiger partial charge >= 0.3 is 6.18 Å². The molecule has 1 unspecified atom stereocenters. The molecule has 1 aliphatic heterocycles. The molecule has 108 valence electrons. The first-order chi connectivity index (χ1) is 8.47. The zero-order valence-electron chi connectivity index (χ0n) is 9.45. The van der Waals surface area contributed by atoms with Crippen LogP contribution in [0.25, 0.3) is 0 Å². The van der Waals surface area contributed by atoms with Crippen LogP contribution in [0.4, 0.5) is 19.1 Å². The summed E-state index contributed by atoms with van der Waals surface area (Å²) >= 11 is 0. The third-order valence-corrected chi connectivity index (χ3v) is 2.23.